The summed E-state index contributed by atoms with van der Waals surface area (Å²) in [5, 5.41) is 0. The third-order valence-corrected chi connectivity index (χ3v) is 8.74. The molecule has 0 amide bonds. The van der Waals surface area contributed by atoms with Gasteiger partial charge in [-0.15, -0.1) is 0 Å². The molecule has 0 aliphatic carbocycles. The number of hydrogen-bond acceptors (Lipinski definition) is 6. The fourth-order valence-electron chi connectivity index (χ4n) is 3.66. The Bertz CT molecular complexity index is 1460. The van der Waals surface area contributed by atoms with Crippen LogP contribution >= 0.6 is 0 Å². The summed E-state index contributed by atoms with van der Waals surface area (Å²) in [5.74, 6) is 0.532. The van der Waals surface area contributed by atoms with Gasteiger partial charge in [0.1, 0.15) is 0 Å². The maximum atomic E-state index is 13.2. The average Bonchev–Trinajstić information content (AvgIpc) is 2.93. The third kappa shape index (κ3) is 6.98. The zero-order chi connectivity index (χ0) is 27.1. The second-order valence-electron chi connectivity index (χ2n) is 8.53. The predicted octanol–water partition coefficient (Wildman–Crippen LogP) is 6.20. The summed E-state index contributed by atoms with van der Waals surface area (Å²) < 4.78 is 57.1. The van der Waals surface area contributed by atoms with Gasteiger partial charge in [0.05, 0.1) is 16.4 Å². The van der Waals surface area contributed by atoms with E-state index in [0.29, 0.717) is 16.0 Å². The largest absolute Gasteiger partial charge is 0.396 e. The fourth-order valence-corrected chi connectivity index (χ4v) is 6.26. The normalized spacial score (nSPS) is 13.3. The quantitative estimate of drug-likeness (QED) is 0.214. The van der Waals surface area contributed by atoms with Gasteiger partial charge in [-0.2, -0.15) is 0 Å². The zero-order valence-electron chi connectivity index (χ0n) is 21.2. The molecular weight excluding hydrogens is 541 g/mol. The lowest BCUT2D eigenvalue weighted by Crippen LogP contribution is -2.13. The highest BCUT2D eigenvalue weighted by atomic mass is 32.2. The Labute approximate surface area is 231 Å². The summed E-state index contributed by atoms with van der Waals surface area (Å²) in [6.45, 7) is 5.47. The first-order chi connectivity index (χ1) is 18.3. The molecule has 0 saturated carbocycles. The van der Waals surface area contributed by atoms with Gasteiger partial charge >= 0.3 is 0 Å². The van der Waals surface area contributed by atoms with Gasteiger partial charge < -0.3 is 12.5 Å². The Kier molecular flexibility index (Phi) is 9.49. The molecule has 0 aliphatic rings. The number of benzene rings is 4. The molecule has 198 valence electrons. The molecule has 0 aliphatic heterocycles. The maximum Gasteiger partial charge on any atom is 0.240 e. The maximum absolute atomic E-state index is 13.2. The highest BCUT2D eigenvalue weighted by molar-refractivity contribution is 7.80. The Hall–Kier alpha value is -3.27. The van der Waals surface area contributed by atoms with Crippen LogP contribution in [0.4, 0.5) is 0 Å². The van der Waals surface area contributed by atoms with Gasteiger partial charge in [-0.3, -0.25) is 0 Å². The van der Waals surface area contributed by atoms with E-state index in [0.717, 1.165) is 16.7 Å². The molecule has 3 unspecified atom stereocenters. The molecule has 0 N–H and O–H groups in total. The first-order valence-electron chi connectivity index (χ1n) is 11.8. The molecular formula is C29H28O6S3. The lowest BCUT2D eigenvalue weighted by molar-refractivity contribution is 0.477. The lowest BCUT2D eigenvalue weighted by atomic mass is 10.0. The first-order valence-corrected chi connectivity index (χ1v) is 15.4. The van der Waals surface area contributed by atoms with E-state index in [-0.39, 0.29) is 28.8 Å². The van der Waals surface area contributed by atoms with E-state index < -0.39 is 33.2 Å². The van der Waals surface area contributed by atoms with Crippen LogP contribution < -0.4 is 12.5 Å². The monoisotopic (exact) mass is 568 g/mol. The molecule has 4 aromatic carbocycles. The van der Waals surface area contributed by atoms with Crippen molar-refractivity contribution in [2.24, 2.45) is 0 Å². The molecule has 3 atom stereocenters. The zero-order valence-corrected chi connectivity index (χ0v) is 23.7. The van der Waals surface area contributed by atoms with Crippen LogP contribution in [0, 0.1) is 20.8 Å². The van der Waals surface area contributed by atoms with Crippen LogP contribution in [0.15, 0.2) is 95.9 Å². The smallest absolute Gasteiger partial charge is 0.240 e. The van der Waals surface area contributed by atoms with Gasteiger partial charge in [-0.1, -0.05) is 78.9 Å². The van der Waals surface area contributed by atoms with Crippen molar-refractivity contribution in [3.8, 4) is 17.2 Å². The van der Waals surface area contributed by atoms with Crippen molar-refractivity contribution in [2.75, 3.05) is 0 Å². The summed E-state index contributed by atoms with van der Waals surface area (Å²) in [5.41, 5.74) is 3.76. The molecule has 0 heterocycles. The molecule has 9 heteroatoms. The topological polar surface area (TPSA) is 78.9 Å². The summed E-state index contributed by atoms with van der Waals surface area (Å²) in [6, 6.07) is 27.3. The fraction of sp³-hybridized carbons (Fsp3) is 0.172. The van der Waals surface area contributed by atoms with Crippen molar-refractivity contribution in [2.45, 2.75) is 37.2 Å². The van der Waals surface area contributed by atoms with Crippen LogP contribution in [0.3, 0.4) is 0 Å². The highest BCUT2D eigenvalue weighted by Gasteiger charge is 2.27. The second kappa shape index (κ2) is 13.0. The summed E-state index contributed by atoms with van der Waals surface area (Å²) in [7, 11) is 0. The molecule has 6 nitrogen and oxygen atoms in total. The van der Waals surface area contributed by atoms with Gasteiger partial charge in [-0.25, -0.2) is 12.6 Å². The Morgan fingerprint density at radius 2 is 0.895 bits per heavy atom. The van der Waals surface area contributed by atoms with Crippen LogP contribution in [0.2, 0.25) is 0 Å². The highest BCUT2D eigenvalue weighted by Crippen LogP contribution is 2.46. The van der Waals surface area contributed by atoms with Crippen molar-refractivity contribution >= 4 is 33.2 Å². The van der Waals surface area contributed by atoms with E-state index in [4.69, 9.17) is 12.5 Å². The predicted molar refractivity (Wildman–Crippen MR) is 152 cm³/mol. The van der Waals surface area contributed by atoms with Gasteiger partial charge in [-0.05, 0) is 49.6 Å². The molecule has 0 radical (unpaired) electrons. The van der Waals surface area contributed by atoms with E-state index in [9.17, 15) is 12.6 Å². The molecule has 0 fully saturated rings. The first kappa shape index (κ1) is 27.8. The minimum absolute atomic E-state index is 0.00515. The van der Waals surface area contributed by atoms with Crippen molar-refractivity contribution in [3.63, 3.8) is 0 Å². The van der Waals surface area contributed by atoms with Crippen LogP contribution in [-0.4, -0.2) is 12.6 Å². The number of rotatable bonds is 11. The summed E-state index contributed by atoms with van der Waals surface area (Å²) in [4.78, 5) is 0.455. The van der Waals surface area contributed by atoms with E-state index in [2.05, 4.69) is 0 Å². The van der Waals surface area contributed by atoms with Crippen molar-refractivity contribution in [1.82, 2.24) is 0 Å². The lowest BCUT2D eigenvalue weighted by Gasteiger charge is -2.21. The van der Waals surface area contributed by atoms with Crippen molar-refractivity contribution < 1.29 is 25.2 Å². The van der Waals surface area contributed by atoms with Gasteiger partial charge in [0.2, 0.25) is 39.0 Å². The summed E-state index contributed by atoms with van der Waals surface area (Å²) in [6.07, 6.45) is 0. The van der Waals surface area contributed by atoms with Crippen molar-refractivity contribution in [3.05, 3.63) is 119 Å². The Morgan fingerprint density at radius 3 is 1.37 bits per heavy atom. The third-order valence-electron chi connectivity index (χ3n) is 5.92. The standard InChI is InChI=1S/C29H28O6S3/c1-21-22(2)27(33-36(30)19-24-13-7-4-8-14-24)29(34-37(31)20-25-15-9-5-10-16-25)28(23(21)3)35-38(32)26-17-11-6-12-18-26/h4-18H,19-20H2,1-3H3. The minimum Gasteiger partial charge on any atom is -0.396 e. The molecule has 0 aromatic heterocycles. The minimum atomic E-state index is -1.89. The van der Waals surface area contributed by atoms with Gasteiger partial charge in [0.25, 0.3) is 0 Å². The van der Waals surface area contributed by atoms with E-state index in [1.807, 2.05) is 80.6 Å². The number of hydrogen-bond donors (Lipinski definition) is 0. The Balaban J connectivity index is 1.73. The molecule has 4 aromatic rings. The average molecular weight is 569 g/mol. The van der Waals surface area contributed by atoms with Crippen LogP contribution in [0.25, 0.3) is 0 Å². The molecule has 38 heavy (non-hydrogen) atoms. The Morgan fingerprint density at radius 1 is 0.500 bits per heavy atom. The van der Waals surface area contributed by atoms with E-state index in [1.54, 1.807) is 31.2 Å². The summed E-state index contributed by atoms with van der Waals surface area (Å²) >= 11 is -5.50. The molecule has 0 spiro atoms. The molecule has 4 rings (SSSR count). The van der Waals surface area contributed by atoms with Gasteiger partial charge in [0.15, 0.2) is 11.5 Å². The van der Waals surface area contributed by atoms with Crippen LogP contribution in [0.1, 0.15) is 27.8 Å². The molecule has 0 saturated heterocycles. The second-order valence-corrected chi connectivity index (χ2v) is 11.8. The van der Waals surface area contributed by atoms with Crippen molar-refractivity contribution in [1.29, 1.82) is 0 Å². The van der Waals surface area contributed by atoms with Gasteiger partial charge in [0, 0.05) is 11.1 Å². The molecule has 0 bridgehead atoms. The SMILES string of the molecule is Cc1c(C)c(OS(=O)Cc2ccccc2)c(OS(=O)Cc2ccccc2)c(OS(=O)c2ccccc2)c1C. The van der Waals surface area contributed by atoms with Crippen LogP contribution in [-0.2, 0) is 44.7 Å². The van der Waals surface area contributed by atoms with E-state index >= 15 is 0 Å². The van der Waals surface area contributed by atoms with E-state index in [1.165, 1.54) is 0 Å². The van der Waals surface area contributed by atoms with Crippen LogP contribution in [0.5, 0.6) is 17.2 Å².